The first-order valence-electron chi connectivity index (χ1n) is 5.97. The van der Waals surface area contributed by atoms with Gasteiger partial charge >= 0.3 is 0 Å². The maximum atomic E-state index is 5.59. The zero-order valence-electron chi connectivity index (χ0n) is 10.5. The number of hydrogen-bond acceptors (Lipinski definition) is 3. The Morgan fingerprint density at radius 1 is 1.24 bits per heavy atom. The van der Waals surface area contributed by atoms with Gasteiger partial charge in [-0.3, -0.25) is 0 Å². The van der Waals surface area contributed by atoms with Crippen molar-refractivity contribution in [3.63, 3.8) is 0 Å². The van der Waals surface area contributed by atoms with Gasteiger partial charge in [-0.05, 0) is 17.9 Å². The lowest BCUT2D eigenvalue weighted by Gasteiger charge is -2.05. The molecule has 0 fully saturated rings. The number of oxazole rings is 1. The van der Waals surface area contributed by atoms with Crippen LogP contribution in [0.15, 0.2) is 28.7 Å². The minimum atomic E-state index is 0.241. The summed E-state index contributed by atoms with van der Waals surface area (Å²) in [5, 5.41) is 0. The topological polar surface area (TPSA) is 52.0 Å². The van der Waals surface area contributed by atoms with Crippen LogP contribution >= 0.6 is 0 Å². The molecule has 0 aliphatic carbocycles. The molecule has 0 unspecified atom stereocenters. The highest BCUT2D eigenvalue weighted by atomic mass is 16.4. The van der Waals surface area contributed by atoms with Crippen molar-refractivity contribution in [3.8, 4) is 11.3 Å². The lowest BCUT2D eigenvalue weighted by Crippen LogP contribution is -1.88. The van der Waals surface area contributed by atoms with E-state index in [4.69, 9.17) is 10.2 Å². The second-order valence-electron chi connectivity index (χ2n) is 4.46. The Hall–Kier alpha value is -1.77. The van der Waals surface area contributed by atoms with Crippen LogP contribution in [0.3, 0.4) is 0 Å². The number of aromatic nitrogens is 1. The monoisotopic (exact) mass is 230 g/mol. The van der Waals surface area contributed by atoms with Gasteiger partial charge in [0.1, 0.15) is 0 Å². The van der Waals surface area contributed by atoms with E-state index in [0.717, 1.165) is 23.4 Å². The molecule has 1 aromatic carbocycles. The van der Waals surface area contributed by atoms with Gasteiger partial charge in [-0.2, -0.15) is 4.98 Å². The van der Waals surface area contributed by atoms with Crippen molar-refractivity contribution in [1.29, 1.82) is 0 Å². The normalized spacial score (nSPS) is 11.1. The van der Waals surface area contributed by atoms with Crippen LogP contribution in [0.5, 0.6) is 0 Å². The number of nitrogens with zero attached hydrogens (tertiary/aromatic N) is 1. The number of rotatable bonds is 3. The number of hydrogen-bond donors (Lipinski definition) is 1. The Morgan fingerprint density at radius 3 is 2.41 bits per heavy atom. The van der Waals surface area contributed by atoms with Gasteiger partial charge in [0, 0.05) is 5.56 Å². The first-order chi connectivity index (χ1) is 8.11. The summed E-state index contributed by atoms with van der Waals surface area (Å²) >= 11 is 0. The molecule has 3 nitrogen and oxygen atoms in total. The minimum absolute atomic E-state index is 0.241. The Kier molecular flexibility index (Phi) is 3.18. The average Bonchev–Trinajstić information content (AvgIpc) is 2.70. The summed E-state index contributed by atoms with van der Waals surface area (Å²) in [6.45, 7) is 6.40. The Morgan fingerprint density at radius 2 is 1.88 bits per heavy atom. The summed E-state index contributed by atoms with van der Waals surface area (Å²) < 4.78 is 5.46. The molecule has 90 valence electrons. The van der Waals surface area contributed by atoms with Gasteiger partial charge in [-0.25, -0.2) is 0 Å². The number of benzene rings is 1. The number of nitrogens with two attached hydrogens (primary N) is 1. The highest BCUT2D eigenvalue weighted by Gasteiger charge is 2.12. The SMILES string of the molecule is CCc1nc(N)oc1-c1ccc(C(C)C)cc1. The van der Waals surface area contributed by atoms with Gasteiger partial charge in [0.15, 0.2) is 5.76 Å². The Balaban J connectivity index is 2.39. The maximum absolute atomic E-state index is 5.59. The molecule has 0 saturated heterocycles. The molecule has 0 bridgehead atoms. The predicted octanol–water partition coefficient (Wildman–Crippen LogP) is 3.61. The molecule has 0 amide bonds. The van der Waals surface area contributed by atoms with E-state index in [1.54, 1.807) is 0 Å². The molecule has 0 spiro atoms. The van der Waals surface area contributed by atoms with Crippen LogP contribution in [-0.4, -0.2) is 4.98 Å². The van der Waals surface area contributed by atoms with Crippen LogP contribution in [0.2, 0.25) is 0 Å². The van der Waals surface area contributed by atoms with Crippen molar-refractivity contribution in [1.82, 2.24) is 4.98 Å². The first kappa shape index (κ1) is 11.7. The number of anilines is 1. The fourth-order valence-corrected chi connectivity index (χ4v) is 1.85. The summed E-state index contributed by atoms with van der Waals surface area (Å²) in [6, 6.07) is 8.61. The fraction of sp³-hybridized carbons (Fsp3) is 0.357. The van der Waals surface area contributed by atoms with E-state index in [1.165, 1.54) is 5.56 Å². The molecular weight excluding hydrogens is 212 g/mol. The fourth-order valence-electron chi connectivity index (χ4n) is 1.85. The van der Waals surface area contributed by atoms with E-state index < -0.39 is 0 Å². The molecule has 1 aromatic heterocycles. The average molecular weight is 230 g/mol. The molecule has 17 heavy (non-hydrogen) atoms. The van der Waals surface area contributed by atoms with Gasteiger partial charge < -0.3 is 10.2 Å². The zero-order valence-corrected chi connectivity index (χ0v) is 10.5. The molecule has 0 aliphatic rings. The Bertz CT molecular complexity index is 497. The summed E-state index contributed by atoms with van der Waals surface area (Å²) in [4.78, 5) is 4.17. The lowest BCUT2D eigenvalue weighted by atomic mass is 10.0. The van der Waals surface area contributed by atoms with E-state index in [1.807, 2.05) is 6.92 Å². The summed E-state index contributed by atoms with van der Waals surface area (Å²) in [5.41, 5.74) is 8.87. The van der Waals surface area contributed by atoms with Crippen molar-refractivity contribution in [3.05, 3.63) is 35.5 Å². The van der Waals surface area contributed by atoms with E-state index in [0.29, 0.717) is 5.92 Å². The highest BCUT2D eigenvalue weighted by Crippen LogP contribution is 2.27. The van der Waals surface area contributed by atoms with E-state index >= 15 is 0 Å². The van der Waals surface area contributed by atoms with Crippen molar-refractivity contribution in [2.75, 3.05) is 5.73 Å². The maximum Gasteiger partial charge on any atom is 0.292 e. The molecule has 0 aliphatic heterocycles. The standard InChI is InChI=1S/C14H18N2O/c1-4-12-13(17-14(15)16-12)11-7-5-10(6-8-11)9(2)3/h5-9H,4H2,1-3H3,(H2,15,16). The quantitative estimate of drug-likeness (QED) is 0.876. The predicted molar refractivity (Wildman–Crippen MR) is 69.8 cm³/mol. The van der Waals surface area contributed by atoms with Crippen LogP contribution in [0.1, 0.15) is 37.9 Å². The van der Waals surface area contributed by atoms with Crippen molar-refractivity contribution in [2.45, 2.75) is 33.1 Å². The first-order valence-corrected chi connectivity index (χ1v) is 5.97. The number of nitrogen functional groups attached to an aromatic ring is 1. The number of aryl methyl sites for hydroxylation is 1. The smallest absolute Gasteiger partial charge is 0.292 e. The summed E-state index contributed by atoms with van der Waals surface area (Å²) in [6.07, 6.45) is 0.821. The van der Waals surface area contributed by atoms with Crippen molar-refractivity contribution in [2.24, 2.45) is 0 Å². The third-order valence-corrected chi connectivity index (χ3v) is 2.89. The molecular formula is C14H18N2O. The van der Waals surface area contributed by atoms with Gasteiger partial charge in [0.25, 0.3) is 6.01 Å². The molecule has 1 heterocycles. The Labute approximate surface area is 102 Å². The van der Waals surface area contributed by atoms with E-state index in [-0.39, 0.29) is 6.01 Å². The van der Waals surface area contributed by atoms with Crippen LogP contribution in [0.25, 0.3) is 11.3 Å². The molecule has 3 heteroatoms. The molecule has 2 rings (SSSR count). The van der Waals surface area contributed by atoms with Crippen molar-refractivity contribution < 1.29 is 4.42 Å². The van der Waals surface area contributed by atoms with Crippen LogP contribution in [0, 0.1) is 0 Å². The van der Waals surface area contributed by atoms with Gasteiger partial charge in [0.05, 0.1) is 5.69 Å². The summed E-state index contributed by atoms with van der Waals surface area (Å²) in [5.74, 6) is 1.33. The molecule has 0 saturated carbocycles. The van der Waals surface area contributed by atoms with Gasteiger partial charge in [-0.1, -0.05) is 45.0 Å². The molecule has 2 N–H and O–H groups in total. The van der Waals surface area contributed by atoms with E-state index in [9.17, 15) is 0 Å². The third kappa shape index (κ3) is 2.33. The minimum Gasteiger partial charge on any atom is -0.423 e. The summed E-state index contributed by atoms with van der Waals surface area (Å²) in [7, 11) is 0. The molecule has 0 atom stereocenters. The second-order valence-corrected chi connectivity index (χ2v) is 4.46. The third-order valence-electron chi connectivity index (χ3n) is 2.89. The largest absolute Gasteiger partial charge is 0.423 e. The van der Waals surface area contributed by atoms with Crippen LogP contribution in [0.4, 0.5) is 6.01 Å². The molecule has 2 aromatic rings. The highest BCUT2D eigenvalue weighted by molar-refractivity contribution is 5.61. The van der Waals surface area contributed by atoms with E-state index in [2.05, 4.69) is 43.1 Å². The van der Waals surface area contributed by atoms with Crippen LogP contribution in [-0.2, 0) is 6.42 Å². The molecule has 0 radical (unpaired) electrons. The zero-order chi connectivity index (χ0) is 12.4. The lowest BCUT2D eigenvalue weighted by molar-refractivity contribution is 0.593. The second kappa shape index (κ2) is 4.62. The van der Waals surface area contributed by atoms with Gasteiger partial charge in [0.2, 0.25) is 0 Å². The van der Waals surface area contributed by atoms with Crippen LogP contribution < -0.4 is 5.73 Å². The van der Waals surface area contributed by atoms with Crippen molar-refractivity contribution >= 4 is 6.01 Å². The van der Waals surface area contributed by atoms with Gasteiger partial charge in [-0.15, -0.1) is 0 Å².